The lowest BCUT2D eigenvalue weighted by molar-refractivity contribution is 0.324. The Hall–Kier alpha value is -3.65. The van der Waals surface area contributed by atoms with Crippen LogP contribution in [0.2, 0.25) is 0 Å². The first-order valence-electron chi connectivity index (χ1n) is 10.1. The highest BCUT2D eigenvalue weighted by Gasteiger charge is 2.15. The zero-order chi connectivity index (χ0) is 23.8. The Kier molecular flexibility index (Phi) is 8.21. The van der Waals surface area contributed by atoms with Crippen LogP contribution in [0.5, 0.6) is 28.7 Å². The molecule has 0 aromatic heterocycles. The summed E-state index contributed by atoms with van der Waals surface area (Å²) in [6.45, 7) is 0. The zero-order valence-corrected chi connectivity index (χ0v) is 20.1. The molecule has 0 atom stereocenters. The molecule has 0 radical (unpaired) electrons. The summed E-state index contributed by atoms with van der Waals surface area (Å²) in [6.07, 6.45) is 3.94. The number of nitrogens with one attached hydrogen (secondary N) is 1. The number of nitrogens with two attached hydrogens (primary N) is 1. The third-order valence-electron chi connectivity index (χ3n) is 4.85. The molecule has 0 fully saturated rings. The van der Waals surface area contributed by atoms with Crippen molar-refractivity contribution in [2.45, 2.75) is 4.90 Å². The topological polar surface area (TPSA) is 84.2 Å². The van der Waals surface area contributed by atoms with Gasteiger partial charge < -0.3 is 34.1 Å². The molecule has 3 rings (SSSR count). The fraction of sp³-hybridized carbons (Fsp3) is 0.200. The van der Waals surface area contributed by atoms with Crippen LogP contribution in [0, 0.1) is 0 Å². The Morgan fingerprint density at radius 1 is 0.727 bits per heavy atom. The smallest absolute Gasteiger partial charge is 0.203 e. The normalized spacial score (nSPS) is 10.7. The van der Waals surface area contributed by atoms with Crippen molar-refractivity contribution in [1.82, 2.24) is 0 Å². The fourth-order valence-electron chi connectivity index (χ4n) is 3.26. The van der Waals surface area contributed by atoms with E-state index in [0.717, 1.165) is 21.7 Å². The van der Waals surface area contributed by atoms with Gasteiger partial charge in [-0.3, -0.25) is 0 Å². The van der Waals surface area contributed by atoms with Crippen molar-refractivity contribution in [2.24, 2.45) is 0 Å². The summed E-state index contributed by atoms with van der Waals surface area (Å²) >= 11 is 1.43. The molecule has 0 saturated heterocycles. The molecule has 0 aliphatic rings. The average Bonchev–Trinajstić information content (AvgIpc) is 2.85. The predicted octanol–water partition coefficient (Wildman–Crippen LogP) is 5.60. The standard InChI is InChI=1S/C25H28N2O5S/c1-28-20-12-11-17(10-9-16-13-21(29-2)24(31-4)22(14-16)30-3)23(25(20)32-5)27-33-19-8-6-7-18(26)15-19/h6-15,27H,26H2,1-5H3/b10-9-. The van der Waals surface area contributed by atoms with Gasteiger partial charge in [-0.2, -0.15) is 0 Å². The second-order valence-corrected chi connectivity index (χ2v) is 7.71. The SMILES string of the molecule is COc1cc(/C=C\c2ccc(OC)c(OC)c2NSc2cccc(N)c2)cc(OC)c1OC. The molecule has 174 valence electrons. The zero-order valence-electron chi connectivity index (χ0n) is 19.3. The number of ether oxygens (including phenoxy) is 5. The summed E-state index contributed by atoms with van der Waals surface area (Å²) < 4.78 is 30.9. The molecule has 0 unspecified atom stereocenters. The van der Waals surface area contributed by atoms with Gasteiger partial charge in [0.25, 0.3) is 0 Å². The first kappa shape index (κ1) is 24.0. The first-order chi connectivity index (χ1) is 16.0. The van der Waals surface area contributed by atoms with Gasteiger partial charge in [0.2, 0.25) is 5.75 Å². The Balaban J connectivity index is 1.99. The van der Waals surface area contributed by atoms with Gasteiger partial charge in [-0.05, 0) is 60.0 Å². The molecule has 33 heavy (non-hydrogen) atoms. The highest BCUT2D eigenvalue weighted by atomic mass is 32.2. The van der Waals surface area contributed by atoms with E-state index in [-0.39, 0.29) is 0 Å². The van der Waals surface area contributed by atoms with Crippen LogP contribution in [0.25, 0.3) is 12.2 Å². The number of hydrogen-bond acceptors (Lipinski definition) is 8. The maximum atomic E-state index is 5.91. The van der Waals surface area contributed by atoms with Gasteiger partial charge >= 0.3 is 0 Å². The Morgan fingerprint density at radius 3 is 1.97 bits per heavy atom. The molecular formula is C25H28N2O5S. The van der Waals surface area contributed by atoms with Crippen LogP contribution in [0.3, 0.4) is 0 Å². The largest absolute Gasteiger partial charge is 0.493 e. The van der Waals surface area contributed by atoms with Crippen molar-refractivity contribution in [3.63, 3.8) is 0 Å². The number of anilines is 2. The van der Waals surface area contributed by atoms with E-state index in [2.05, 4.69) is 4.72 Å². The van der Waals surface area contributed by atoms with Gasteiger partial charge in [-0.25, -0.2) is 0 Å². The molecule has 3 aromatic rings. The monoisotopic (exact) mass is 468 g/mol. The summed E-state index contributed by atoms with van der Waals surface area (Å²) in [4.78, 5) is 0.972. The van der Waals surface area contributed by atoms with Gasteiger partial charge in [0.1, 0.15) is 0 Å². The fourth-order valence-corrected chi connectivity index (χ4v) is 4.03. The maximum Gasteiger partial charge on any atom is 0.203 e. The van der Waals surface area contributed by atoms with Crippen molar-refractivity contribution in [2.75, 3.05) is 46.0 Å². The van der Waals surface area contributed by atoms with E-state index < -0.39 is 0 Å². The van der Waals surface area contributed by atoms with Gasteiger partial charge in [-0.15, -0.1) is 0 Å². The number of methoxy groups -OCH3 is 5. The van der Waals surface area contributed by atoms with Crippen molar-refractivity contribution in [3.05, 3.63) is 59.7 Å². The Labute approximate surface area is 198 Å². The lowest BCUT2D eigenvalue weighted by atomic mass is 10.1. The summed E-state index contributed by atoms with van der Waals surface area (Å²) in [5.41, 5.74) is 9.16. The van der Waals surface area contributed by atoms with Gasteiger partial charge in [-0.1, -0.05) is 18.2 Å². The third kappa shape index (κ3) is 5.59. The van der Waals surface area contributed by atoms with Crippen LogP contribution < -0.4 is 34.1 Å². The van der Waals surface area contributed by atoms with E-state index in [1.165, 1.54) is 11.9 Å². The molecule has 7 nitrogen and oxygen atoms in total. The molecule has 0 saturated carbocycles. The number of nitrogen functional groups attached to an aromatic ring is 1. The molecule has 8 heteroatoms. The second kappa shape index (κ2) is 11.3. The Morgan fingerprint density at radius 2 is 1.39 bits per heavy atom. The third-order valence-corrected chi connectivity index (χ3v) is 5.65. The molecule has 0 heterocycles. The van der Waals surface area contributed by atoms with E-state index >= 15 is 0 Å². The van der Waals surface area contributed by atoms with Crippen LogP contribution in [-0.2, 0) is 0 Å². The molecule has 0 aliphatic heterocycles. The minimum absolute atomic E-state index is 0.546. The van der Waals surface area contributed by atoms with Crippen molar-refractivity contribution >= 4 is 35.5 Å². The van der Waals surface area contributed by atoms with E-state index in [0.29, 0.717) is 34.4 Å². The van der Waals surface area contributed by atoms with E-state index in [1.807, 2.05) is 60.7 Å². The molecular weight excluding hydrogens is 440 g/mol. The summed E-state index contributed by atoms with van der Waals surface area (Å²) in [6, 6.07) is 15.2. The van der Waals surface area contributed by atoms with E-state index in [9.17, 15) is 0 Å². The molecule has 0 bridgehead atoms. The summed E-state index contributed by atoms with van der Waals surface area (Å²) in [5, 5.41) is 0. The predicted molar refractivity (Wildman–Crippen MR) is 135 cm³/mol. The van der Waals surface area contributed by atoms with Gasteiger partial charge in [0.15, 0.2) is 23.0 Å². The highest BCUT2D eigenvalue weighted by molar-refractivity contribution is 8.00. The van der Waals surface area contributed by atoms with Crippen LogP contribution in [0.15, 0.2) is 53.4 Å². The summed E-state index contributed by atoms with van der Waals surface area (Å²) in [5.74, 6) is 2.93. The first-order valence-corrected chi connectivity index (χ1v) is 10.9. The van der Waals surface area contributed by atoms with Crippen LogP contribution in [0.1, 0.15) is 11.1 Å². The molecule has 0 aliphatic carbocycles. The minimum atomic E-state index is 0.546. The maximum absolute atomic E-state index is 5.91. The number of hydrogen-bond donors (Lipinski definition) is 2. The number of benzene rings is 3. The van der Waals surface area contributed by atoms with Crippen molar-refractivity contribution < 1.29 is 23.7 Å². The van der Waals surface area contributed by atoms with E-state index in [4.69, 9.17) is 29.4 Å². The van der Waals surface area contributed by atoms with Crippen LogP contribution >= 0.6 is 11.9 Å². The van der Waals surface area contributed by atoms with E-state index in [1.54, 1.807) is 35.5 Å². The second-order valence-electron chi connectivity index (χ2n) is 6.83. The average molecular weight is 469 g/mol. The van der Waals surface area contributed by atoms with Crippen LogP contribution in [-0.4, -0.2) is 35.5 Å². The molecule has 3 N–H and O–H groups in total. The highest BCUT2D eigenvalue weighted by Crippen LogP contribution is 2.42. The molecule has 0 spiro atoms. The number of rotatable bonds is 10. The van der Waals surface area contributed by atoms with Gasteiger partial charge in [0.05, 0.1) is 41.2 Å². The quantitative estimate of drug-likeness (QED) is 0.226. The minimum Gasteiger partial charge on any atom is -0.493 e. The van der Waals surface area contributed by atoms with Crippen molar-refractivity contribution in [1.29, 1.82) is 0 Å². The molecule has 3 aromatic carbocycles. The lowest BCUT2D eigenvalue weighted by Gasteiger charge is -2.17. The Bertz CT molecular complexity index is 1110. The lowest BCUT2D eigenvalue weighted by Crippen LogP contribution is -1.98. The van der Waals surface area contributed by atoms with Gasteiger partial charge in [0, 0.05) is 16.1 Å². The summed E-state index contributed by atoms with van der Waals surface area (Å²) in [7, 11) is 7.98. The van der Waals surface area contributed by atoms with Crippen molar-refractivity contribution in [3.8, 4) is 28.7 Å². The molecule has 0 amide bonds. The van der Waals surface area contributed by atoms with Crippen LogP contribution in [0.4, 0.5) is 11.4 Å².